The minimum Gasteiger partial charge on any atom is -0.352 e. The lowest BCUT2D eigenvalue weighted by molar-refractivity contribution is -0.137. The molecule has 2 aromatic rings. The van der Waals surface area contributed by atoms with Gasteiger partial charge < -0.3 is 5.32 Å². The van der Waals surface area contributed by atoms with Gasteiger partial charge in [-0.05, 0) is 54.3 Å². The monoisotopic (exact) mass is 438 g/mol. The fourth-order valence-corrected chi connectivity index (χ4v) is 4.67. The SMILES string of the molecule is O=C(/C=C/c1ccc(N2CCCS2(=O)=O)cc1)NCCc1ccc(C(F)(F)F)cc1. The predicted molar refractivity (Wildman–Crippen MR) is 109 cm³/mol. The summed E-state index contributed by atoms with van der Waals surface area (Å²) in [5, 5.41) is 2.68. The fourth-order valence-electron chi connectivity index (χ4n) is 3.10. The third-order valence-corrected chi connectivity index (χ3v) is 6.57. The topological polar surface area (TPSA) is 66.5 Å². The van der Waals surface area contributed by atoms with Crippen molar-refractivity contribution in [1.82, 2.24) is 5.32 Å². The van der Waals surface area contributed by atoms with Crippen LogP contribution >= 0.6 is 0 Å². The molecule has 3 rings (SSSR count). The van der Waals surface area contributed by atoms with Crippen molar-refractivity contribution in [2.75, 3.05) is 23.1 Å². The molecule has 9 heteroatoms. The molecule has 0 radical (unpaired) electrons. The number of sulfonamides is 1. The third-order valence-electron chi connectivity index (χ3n) is 4.70. The van der Waals surface area contributed by atoms with E-state index in [1.54, 1.807) is 30.3 Å². The molecule has 0 aromatic heterocycles. The summed E-state index contributed by atoms with van der Waals surface area (Å²) in [6, 6.07) is 11.7. The minimum atomic E-state index is -4.36. The van der Waals surface area contributed by atoms with Gasteiger partial charge in [-0.1, -0.05) is 24.3 Å². The van der Waals surface area contributed by atoms with Crippen molar-refractivity contribution in [3.63, 3.8) is 0 Å². The second kappa shape index (κ2) is 8.91. The number of hydrogen-bond donors (Lipinski definition) is 1. The first-order valence-electron chi connectivity index (χ1n) is 9.38. The molecule has 5 nitrogen and oxygen atoms in total. The van der Waals surface area contributed by atoms with Gasteiger partial charge in [-0.2, -0.15) is 13.2 Å². The average Bonchev–Trinajstić information content (AvgIpc) is 3.05. The van der Waals surface area contributed by atoms with Crippen LogP contribution in [-0.4, -0.2) is 33.2 Å². The predicted octanol–water partition coefficient (Wildman–Crippen LogP) is 3.62. The van der Waals surface area contributed by atoms with E-state index in [4.69, 9.17) is 0 Å². The number of nitrogens with one attached hydrogen (secondary N) is 1. The average molecular weight is 438 g/mol. The highest BCUT2D eigenvalue weighted by Crippen LogP contribution is 2.29. The van der Waals surface area contributed by atoms with Gasteiger partial charge in [-0.3, -0.25) is 9.10 Å². The number of anilines is 1. The summed E-state index contributed by atoms with van der Waals surface area (Å²) in [6.45, 7) is 0.763. The van der Waals surface area contributed by atoms with Crippen molar-refractivity contribution in [3.05, 3.63) is 71.3 Å². The molecule has 1 fully saturated rings. The normalized spacial score (nSPS) is 16.2. The van der Waals surface area contributed by atoms with Gasteiger partial charge in [0.25, 0.3) is 0 Å². The van der Waals surface area contributed by atoms with Gasteiger partial charge >= 0.3 is 6.18 Å². The van der Waals surface area contributed by atoms with E-state index >= 15 is 0 Å². The molecule has 0 bridgehead atoms. The Morgan fingerprint density at radius 2 is 1.73 bits per heavy atom. The molecule has 1 aliphatic heterocycles. The largest absolute Gasteiger partial charge is 0.416 e. The number of rotatable bonds is 6. The number of nitrogens with zero attached hydrogens (tertiary/aromatic N) is 1. The maximum absolute atomic E-state index is 12.5. The van der Waals surface area contributed by atoms with E-state index in [0.717, 1.165) is 17.7 Å². The van der Waals surface area contributed by atoms with Crippen molar-refractivity contribution in [3.8, 4) is 0 Å². The Balaban J connectivity index is 1.48. The van der Waals surface area contributed by atoms with Crippen molar-refractivity contribution in [1.29, 1.82) is 0 Å². The maximum atomic E-state index is 12.5. The summed E-state index contributed by atoms with van der Waals surface area (Å²) in [5.41, 5.74) is 1.34. The van der Waals surface area contributed by atoms with Crippen molar-refractivity contribution in [2.45, 2.75) is 19.0 Å². The number of benzene rings is 2. The van der Waals surface area contributed by atoms with Crippen molar-refractivity contribution in [2.24, 2.45) is 0 Å². The van der Waals surface area contributed by atoms with Crippen LogP contribution in [0.1, 0.15) is 23.1 Å². The summed E-state index contributed by atoms with van der Waals surface area (Å²) in [7, 11) is -3.23. The highest BCUT2D eigenvalue weighted by molar-refractivity contribution is 7.93. The van der Waals surface area contributed by atoms with E-state index in [1.807, 2.05) is 0 Å². The second-order valence-corrected chi connectivity index (χ2v) is 8.92. The molecular weight excluding hydrogens is 417 g/mol. The number of hydrogen-bond acceptors (Lipinski definition) is 3. The number of halogens is 3. The first-order chi connectivity index (χ1) is 14.1. The molecule has 1 aliphatic rings. The Labute approximate surface area is 173 Å². The van der Waals surface area contributed by atoms with Crippen molar-refractivity contribution >= 4 is 27.7 Å². The zero-order valence-electron chi connectivity index (χ0n) is 16.0. The lowest BCUT2D eigenvalue weighted by atomic mass is 10.1. The Morgan fingerprint density at radius 3 is 2.30 bits per heavy atom. The summed E-state index contributed by atoms with van der Waals surface area (Å²) in [5.74, 6) is -0.172. The lowest BCUT2D eigenvalue weighted by Crippen LogP contribution is -2.24. The molecule has 30 heavy (non-hydrogen) atoms. The minimum absolute atomic E-state index is 0.154. The van der Waals surface area contributed by atoms with Gasteiger partial charge in [0.15, 0.2) is 0 Å². The highest BCUT2D eigenvalue weighted by Gasteiger charge is 2.30. The molecule has 160 valence electrons. The zero-order valence-corrected chi connectivity index (χ0v) is 16.8. The Bertz CT molecular complexity index is 1010. The number of amides is 1. The van der Waals surface area contributed by atoms with E-state index in [0.29, 0.717) is 37.2 Å². The van der Waals surface area contributed by atoms with Gasteiger partial charge in [-0.25, -0.2) is 8.42 Å². The smallest absolute Gasteiger partial charge is 0.352 e. The van der Waals surface area contributed by atoms with E-state index in [2.05, 4.69) is 5.32 Å². The van der Waals surface area contributed by atoms with Crippen LogP contribution in [0.2, 0.25) is 0 Å². The molecule has 1 heterocycles. The number of carbonyl (C=O) groups excluding carboxylic acids is 1. The Hall–Kier alpha value is -2.81. The van der Waals surface area contributed by atoms with E-state index in [-0.39, 0.29) is 11.7 Å². The van der Waals surface area contributed by atoms with Gasteiger partial charge in [0.05, 0.1) is 17.0 Å². The maximum Gasteiger partial charge on any atom is 0.416 e. The molecule has 1 saturated heterocycles. The molecule has 0 aliphatic carbocycles. The molecule has 2 aromatic carbocycles. The first kappa shape index (κ1) is 21.9. The molecule has 0 saturated carbocycles. The number of carbonyl (C=O) groups is 1. The van der Waals surface area contributed by atoms with E-state index in [1.165, 1.54) is 22.5 Å². The highest BCUT2D eigenvalue weighted by atomic mass is 32.2. The van der Waals surface area contributed by atoms with Crippen LogP contribution in [0.15, 0.2) is 54.6 Å². The Kier molecular flexibility index (Phi) is 6.50. The molecule has 1 N–H and O–H groups in total. The third kappa shape index (κ3) is 5.63. The van der Waals surface area contributed by atoms with Crippen molar-refractivity contribution < 1.29 is 26.4 Å². The summed E-state index contributed by atoms with van der Waals surface area (Å²) in [6.07, 6.45) is -0.379. The molecule has 1 amide bonds. The molecule has 0 unspecified atom stereocenters. The van der Waals surface area contributed by atoms with Gasteiger partial charge in [-0.15, -0.1) is 0 Å². The van der Waals surface area contributed by atoms with E-state index in [9.17, 15) is 26.4 Å². The van der Waals surface area contributed by atoms with Crippen LogP contribution in [-0.2, 0) is 27.4 Å². The zero-order chi connectivity index (χ0) is 21.8. The van der Waals surface area contributed by atoms with Crippen LogP contribution in [0.4, 0.5) is 18.9 Å². The number of alkyl halides is 3. The van der Waals surface area contributed by atoms with Crippen LogP contribution in [0, 0.1) is 0 Å². The standard InChI is InChI=1S/C21H21F3N2O3S/c22-21(23,24)18-7-2-17(3-8-18)12-13-25-20(27)11-6-16-4-9-19(10-5-16)26-14-1-15-30(26,28)29/h2-11H,1,12-15H2,(H,25,27)/b11-6+. The molecule has 0 spiro atoms. The van der Waals surface area contributed by atoms with Gasteiger partial charge in [0.1, 0.15) is 0 Å². The first-order valence-corrected chi connectivity index (χ1v) is 11.0. The summed E-state index contributed by atoms with van der Waals surface area (Å²) >= 11 is 0. The van der Waals surface area contributed by atoms with Crippen LogP contribution in [0.3, 0.4) is 0 Å². The molecular formula is C21H21F3N2O3S. The fraction of sp³-hybridized carbons (Fsp3) is 0.286. The quantitative estimate of drug-likeness (QED) is 0.701. The summed E-state index contributed by atoms with van der Waals surface area (Å²) < 4.78 is 62.9. The van der Waals surface area contributed by atoms with Crippen LogP contribution in [0.25, 0.3) is 6.08 Å². The second-order valence-electron chi connectivity index (χ2n) is 6.90. The van der Waals surface area contributed by atoms with Crippen LogP contribution in [0.5, 0.6) is 0 Å². The van der Waals surface area contributed by atoms with Crippen LogP contribution < -0.4 is 9.62 Å². The summed E-state index contributed by atoms with van der Waals surface area (Å²) in [4.78, 5) is 11.9. The van der Waals surface area contributed by atoms with Gasteiger partial charge in [0.2, 0.25) is 15.9 Å². The van der Waals surface area contributed by atoms with Gasteiger partial charge in [0, 0.05) is 19.2 Å². The molecule has 0 atom stereocenters. The van der Waals surface area contributed by atoms with E-state index < -0.39 is 21.8 Å². The Morgan fingerprint density at radius 1 is 1.07 bits per heavy atom. The lowest BCUT2D eigenvalue weighted by Gasteiger charge is -2.16.